The Morgan fingerprint density at radius 3 is 2.24 bits per heavy atom. The Morgan fingerprint density at radius 2 is 1.60 bits per heavy atom. The third-order valence-electron chi connectivity index (χ3n) is 7.41. The number of nitrogens with zero attached hydrogens (tertiary/aromatic N) is 2. The van der Waals surface area contributed by atoms with Crippen molar-refractivity contribution in [2.24, 2.45) is 0 Å². The molecule has 0 aromatic heterocycles. The van der Waals surface area contributed by atoms with Gasteiger partial charge in [0.05, 0.1) is 19.1 Å². The molecule has 1 atom stereocenters. The fourth-order valence-corrected chi connectivity index (χ4v) is 5.85. The molecule has 2 amide bonds. The molecule has 0 radical (unpaired) electrons. The number of sulfonamides is 1. The lowest BCUT2D eigenvalue weighted by atomic mass is 10.1. The number of ether oxygens (including phenoxy) is 2. The summed E-state index contributed by atoms with van der Waals surface area (Å²) in [6.07, 6.45) is 5.00. The van der Waals surface area contributed by atoms with Crippen LogP contribution in [0.2, 0.25) is 0 Å². The Morgan fingerprint density at radius 1 is 0.929 bits per heavy atom. The van der Waals surface area contributed by atoms with Crippen LogP contribution in [0.3, 0.4) is 0 Å². The van der Waals surface area contributed by atoms with Crippen molar-refractivity contribution in [3.8, 4) is 11.5 Å². The largest absolute Gasteiger partial charge is 0.497 e. The Balaban J connectivity index is 1.53. The maximum Gasteiger partial charge on any atom is 0.244 e. The highest BCUT2D eigenvalue weighted by atomic mass is 32.2. The van der Waals surface area contributed by atoms with Crippen LogP contribution in [0.15, 0.2) is 78.9 Å². The second-order valence-electron chi connectivity index (χ2n) is 10.6. The summed E-state index contributed by atoms with van der Waals surface area (Å²) < 4.78 is 38.0. The number of methoxy groups -OCH3 is 1. The monoisotopic (exact) mass is 593 g/mol. The van der Waals surface area contributed by atoms with Crippen molar-refractivity contribution in [2.45, 2.75) is 57.8 Å². The Hall–Kier alpha value is -4.05. The van der Waals surface area contributed by atoms with E-state index in [1.165, 1.54) is 4.90 Å². The second-order valence-corrected chi connectivity index (χ2v) is 12.5. The van der Waals surface area contributed by atoms with E-state index in [2.05, 4.69) is 5.32 Å². The summed E-state index contributed by atoms with van der Waals surface area (Å²) >= 11 is 0. The molecule has 4 rings (SSSR count). The molecule has 3 aromatic rings. The van der Waals surface area contributed by atoms with Gasteiger partial charge in [0.25, 0.3) is 0 Å². The molecule has 1 aliphatic rings. The highest BCUT2D eigenvalue weighted by molar-refractivity contribution is 7.92. The number of rotatable bonds is 13. The molecule has 0 aliphatic heterocycles. The molecule has 3 aromatic carbocycles. The first-order chi connectivity index (χ1) is 20.1. The number of anilines is 1. The molecule has 0 heterocycles. The first-order valence-electron chi connectivity index (χ1n) is 14.1. The standard InChI is InChI=1S/C32H39N3O6S/c1-24(32(37)33-27-13-7-8-14-27)34(21-26-12-9-15-30(20-26)40-2)31(36)22-35(42(3,38)39)28-16-18-29(19-17-28)41-23-25-10-5-4-6-11-25/h4-6,9-12,15-20,24,27H,7-8,13-14,21-23H2,1-3H3,(H,33,37). The molecule has 0 spiro atoms. The van der Waals surface area contributed by atoms with Crippen LogP contribution in [0.5, 0.6) is 11.5 Å². The van der Waals surface area contributed by atoms with Gasteiger partial charge in [-0.1, -0.05) is 55.3 Å². The Labute approximate surface area is 248 Å². The maximum absolute atomic E-state index is 13.8. The average molecular weight is 594 g/mol. The van der Waals surface area contributed by atoms with Crippen molar-refractivity contribution >= 4 is 27.5 Å². The van der Waals surface area contributed by atoms with Crippen molar-refractivity contribution in [1.82, 2.24) is 10.2 Å². The molecule has 10 heteroatoms. The minimum atomic E-state index is -3.84. The Kier molecular flexibility index (Phi) is 10.5. The van der Waals surface area contributed by atoms with Crippen LogP contribution in [0.1, 0.15) is 43.7 Å². The van der Waals surface area contributed by atoms with Gasteiger partial charge in [-0.2, -0.15) is 0 Å². The maximum atomic E-state index is 13.8. The van der Waals surface area contributed by atoms with Crippen LogP contribution in [-0.2, 0) is 32.8 Å². The van der Waals surface area contributed by atoms with Gasteiger partial charge in [-0.15, -0.1) is 0 Å². The number of nitrogens with one attached hydrogen (secondary N) is 1. The average Bonchev–Trinajstić information content (AvgIpc) is 3.50. The van der Waals surface area contributed by atoms with Crippen LogP contribution in [0.4, 0.5) is 5.69 Å². The van der Waals surface area contributed by atoms with Crippen LogP contribution >= 0.6 is 0 Å². The fourth-order valence-electron chi connectivity index (χ4n) is 5.01. The molecule has 1 fully saturated rings. The highest BCUT2D eigenvalue weighted by Gasteiger charge is 2.31. The summed E-state index contributed by atoms with van der Waals surface area (Å²) in [5.41, 5.74) is 2.09. The third-order valence-corrected chi connectivity index (χ3v) is 8.55. The summed E-state index contributed by atoms with van der Waals surface area (Å²) in [5, 5.41) is 3.06. The molecule has 1 saturated carbocycles. The van der Waals surface area contributed by atoms with Gasteiger partial charge < -0.3 is 19.7 Å². The number of carbonyl (C=O) groups is 2. The quantitative estimate of drug-likeness (QED) is 0.313. The number of benzene rings is 3. The first-order valence-corrected chi connectivity index (χ1v) is 16.0. The molecule has 1 aliphatic carbocycles. The number of hydrogen-bond acceptors (Lipinski definition) is 6. The number of carbonyl (C=O) groups excluding carboxylic acids is 2. The summed E-state index contributed by atoms with van der Waals surface area (Å²) in [6, 6.07) is 22.8. The minimum Gasteiger partial charge on any atom is -0.497 e. The van der Waals surface area contributed by atoms with Crippen molar-refractivity contribution in [3.05, 3.63) is 90.0 Å². The van der Waals surface area contributed by atoms with Gasteiger partial charge in [-0.25, -0.2) is 8.42 Å². The minimum absolute atomic E-state index is 0.0869. The van der Waals surface area contributed by atoms with E-state index in [0.29, 0.717) is 23.8 Å². The summed E-state index contributed by atoms with van der Waals surface area (Å²) in [7, 11) is -2.28. The molecule has 1 unspecified atom stereocenters. The zero-order valence-corrected chi connectivity index (χ0v) is 25.2. The number of amides is 2. The zero-order valence-electron chi connectivity index (χ0n) is 24.4. The first kappa shape index (κ1) is 30.9. The van der Waals surface area contributed by atoms with Crippen LogP contribution in [0.25, 0.3) is 0 Å². The van der Waals surface area contributed by atoms with E-state index < -0.39 is 28.5 Å². The van der Waals surface area contributed by atoms with E-state index in [0.717, 1.165) is 47.4 Å². The van der Waals surface area contributed by atoms with Crippen molar-refractivity contribution in [3.63, 3.8) is 0 Å². The van der Waals surface area contributed by atoms with Crippen LogP contribution in [0, 0.1) is 0 Å². The molecule has 0 bridgehead atoms. The Bertz CT molecular complexity index is 1440. The van der Waals surface area contributed by atoms with E-state index in [1.807, 2.05) is 42.5 Å². The van der Waals surface area contributed by atoms with Gasteiger partial charge in [0.2, 0.25) is 21.8 Å². The van der Waals surface area contributed by atoms with Gasteiger partial charge >= 0.3 is 0 Å². The molecular weight excluding hydrogens is 554 g/mol. The molecule has 0 saturated heterocycles. The molecule has 42 heavy (non-hydrogen) atoms. The SMILES string of the molecule is COc1cccc(CN(C(=O)CN(c2ccc(OCc3ccccc3)cc2)S(C)(=O)=O)C(C)C(=O)NC2CCCC2)c1. The summed E-state index contributed by atoms with van der Waals surface area (Å²) in [6.45, 7) is 1.69. The molecule has 9 nitrogen and oxygen atoms in total. The fraction of sp³-hybridized carbons (Fsp3) is 0.375. The van der Waals surface area contributed by atoms with E-state index >= 15 is 0 Å². The van der Waals surface area contributed by atoms with Gasteiger partial charge in [0.1, 0.15) is 30.7 Å². The number of hydrogen-bond donors (Lipinski definition) is 1. The van der Waals surface area contributed by atoms with Crippen molar-refractivity contribution < 1.29 is 27.5 Å². The van der Waals surface area contributed by atoms with Crippen molar-refractivity contribution in [1.29, 1.82) is 0 Å². The normalized spacial score (nSPS) is 14.2. The van der Waals surface area contributed by atoms with E-state index in [4.69, 9.17) is 9.47 Å². The third kappa shape index (κ3) is 8.48. The summed E-state index contributed by atoms with van der Waals surface area (Å²) in [5.74, 6) is 0.431. The summed E-state index contributed by atoms with van der Waals surface area (Å²) in [4.78, 5) is 28.5. The van der Waals surface area contributed by atoms with Gasteiger partial charge in [-0.05, 0) is 67.3 Å². The highest BCUT2D eigenvalue weighted by Crippen LogP contribution is 2.24. The van der Waals surface area contributed by atoms with Gasteiger partial charge in [0.15, 0.2) is 0 Å². The van der Waals surface area contributed by atoms with Crippen molar-refractivity contribution in [2.75, 3.05) is 24.2 Å². The molecule has 224 valence electrons. The second kappa shape index (κ2) is 14.2. The smallest absolute Gasteiger partial charge is 0.244 e. The lowest BCUT2D eigenvalue weighted by Crippen LogP contribution is -2.52. The predicted octanol–water partition coefficient (Wildman–Crippen LogP) is 4.52. The molecular formula is C32H39N3O6S. The lowest BCUT2D eigenvalue weighted by Gasteiger charge is -2.32. The van der Waals surface area contributed by atoms with Crippen LogP contribution < -0.4 is 19.1 Å². The lowest BCUT2D eigenvalue weighted by molar-refractivity contribution is -0.139. The topological polar surface area (TPSA) is 105 Å². The van der Waals surface area contributed by atoms with Crippen LogP contribution in [-0.4, -0.2) is 57.1 Å². The predicted molar refractivity (Wildman–Crippen MR) is 163 cm³/mol. The van der Waals surface area contributed by atoms with Gasteiger partial charge in [-0.3, -0.25) is 13.9 Å². The molecule has 1 N–H and O–H groups in total. The van der Waals surface area contributed by atoms with E-state index in [1.54, 1.807) is 50.4 Å². The van der Waals surface area contributed by atoms with E-state index in [9.17, 15) is 18.0 Å². The zero-order chi connectivity index (χ0) is 30.1. The van der Waals surface area contributed by atoms with Gasteiger partial charge in [0, 0.05) is 12.6 Å². The van der Waals surface area contributed by atoms with E-state index in [-0.39, 0.29) is 18.5 Å².